The van der Waals surface area contributed by atoms with Gasteiger partial charge in [-0.1, -0.05) is 86.1 Å². The molecule has 9 heteroatoms. The largest absolute Gasteiger partial charge is 0.352 e. The van der Waals surface area contributed by atoms with E-state index in [1.807, 2.05) is 81.4 Å². The van der Waals surface area contributed by atoms with Crippen LogP contribution in [-0.2, 0) is 39.0 Å². The fourth-order valence-electron chi connectivity index (χ4n) is 4.71. The van der Waals surface area contributed by atoms with E-state index in [0.717, 1.165) is 29.5 Å². The van der Waals surface area contributed by atoms with Gasteiger partial charge in [-0.3, -0.25) is 13.9 Å². The Morgan fingerprint density at radius 1 is 0.905 bits per heavy atom. The Kier molecular flexibility index (Phi) is 12.4. The van der Waals surface area contributed by atoms with Gasteiger partial charge in [0.25, 0.3) is 0 Å². The van der Waals surface area contributed by atoms with E-state index in [1.165, 1.54) is 10.6 Å². The number of rotatable bonds is 15. The summed E-state index contributed by atoms with van der Waals surface area (Å²) in [6, 6.07) is 23.5. The van der Waals surface area contributed by atoms with Crippen molar-refractivity contribution in [2.24, 2.45) is 0 Å². The van der Waals surface area contributed by atoms with E-state index < -0.39 is 16.1 Å². The number of nitrogens with one attached hydrogen (secondary N) is 1. The molecule has 3 aromatic rings. The minimum Gasteiger partial charge on any atom is -0.352 e. The van der Waals surface area contributed by atoms with E-state index >= 15 is 0 Å². The van der Waals surface area contributed by atoms with Crippen LogP contribution >= 0.6 is 11.6 Å². The van der Waals surface area contributed by atoms with Crippen LogP contribution in [0.4, 0.5) is 5.69 Å². The number of sulfonamides is 1. The molecule has 2 unspecified atom stereocenters. The van der Waals surface area contributed by atoms with Crippen molar-refractivity contribution in [3.63, 3.8) is 0 Å². The van der Waals surface area contributed by atoms with Crippen LogP contribution in [0, 0.1) is 0 Å². The summed E-state index contributed by atoms with van der Waals surface area (Å²) in [7, 11) is -3.57. The number of hydrogen-bond donors (Lipinski definition) is 1. The van der Waals surface area contributed by atoms with Crippen molar-refractivity contribution in [2.75, 3.05) is 17.1 Å². The van der Waals surface area contributed by atoms with Gasteiger partial charge in [0.15, 0.2) is 0 Å². The first-order valence-corrected chi connectivity index (χ1v) is 16.7. The van der Waals surface area contributed by atoms with Crippen molar-refractivity contribution in [1.29, 1.82) is 0 Å². The summed E-state index contributed by atoms with van der Waals surface area (Å²) >= 11 is 6.50. The van der Waals surface area contributed by atoms with Crippen LogP contribution in [0.2, 0.25) is 5.02 Å². The van der Waals surface area contributed by atoms with Crippen LogP contribution in [-0.4, -0.2) is 50.0 Å². The highest BCUT2D eigenvalue weighted by atomic mass is 35.5. The lowest BCUT2D eigenvalue weighted by Gasteiger charge is -2.33. The highest BCUT2D eigenvalue weighted by Gasteiger charge is 2.31. The second-order valence-corrected chi connectivity index (χ2v) is 12.9. The maximum absolute atomic E-state index is 13.9. The molecule has 2 amide bonds. The molecule has 0 aromatic heterocycles. The number of carbonyl (C=O) groups is 2. The third kappa shape index (κ3) is 9.60. The van der Waals surface area contributed by atoms with Gasteiger partial charge >= 0.3 is 0 Å². The fourth-order valence-corrected chi connectivity index (χ4v) is 5.87. The first-order chi connectivity index (χ1) is 20.0. The maximum Gasteiger partial charge on any atom is 0.243 e. The molecule has 0 aliphatic heterocycles. The average Bonchev–Trinajstić information content (AvgIpc) is 2.97. The number of carbonyl (C=O) groups excluding carboxylic acids is 2. The normalized spacial score (nSPS) is 12.8. The minimum atomic E-state index is -3.57. The smallest absolute Gasteiger partial charge is 0.243 e. The molecule has 7 nitrogen and oxygen atoms in total. The lowest BCUT2D eigenvalue weighted by atomic mass is 10.0. The van der Waals surface area contributed by atoms with Crippen molar-refractivity contribution in [1.82, 2.24) is 10.2 Å². The molecule has 0 spiro atoms. The van der Waals surface area contributed by atoms with E-state index in [2.05, 4.69) is 5.32 Å². The number of aryl methyl sites for hydroxylation is 1. The quantitative estimate of drug-likeness (QED) is 0.228. The molecule has 0 heterocycles. The van der Waals surface area contributed by atoms with Gasteiger partial charge in [-0.25, -0.2) is 8.42 Å². The molecule has 3 aromatic carbocycles. The summed E-state index contributed by atoms with van der Waals surface area (Å²) in [5.74, 6) is -0.479. The molecule has 0 aliphatic rings. The van der Waals surface area contributed by atoms with Crippen molar-refractivity contribution >= 4 is 39.1 Å². The molecular formula is C33H42ClN3O4S. The van der Waals surface area contributed by atoms with Crippen LogP contribution in [0.15, 0.2) is 78.9 Å². The molecule has 2 atom stereocenters. The van der Waals surface area contributed by atoms with Crippen molar-refractivity contribution < 1.29 is 18.0 Å². The third-order valence-electron chi connectivity index (χ3n) is 7.36. The second-order valence-electron chi connectivity index (χ2n) is 10.6. The van der Waals surface area contributed by atoms with Gasteiger partial charge in [0.2, 0.25) is 21.8 Å². The van der Waals surface area contributed by atoms with Gasteiger partial charge in [-0.2, -0.15) is 0 Å². The number of amides is 2. The number of anilines is 1. The number of halogens is 1. The first-order valence-electron chi connectivity index (χ1n) is 14.5. The fraction of sp³-hybridized carbons (Fsp3) is 0.394. The molecule has 3 rings (SSSR count). The Hall–Kier alpha value is -3.36. The molecular weight excluding hydrogens is 570 g/mol. The summed E-state index contributed by atoms with van der Waals surface area (Å²) < 4.78 is 26.7. The molecule has 0 fully saturated rings. The molecule has 0 bridgehead atoms. The van der Waals surface area contributed by atoms with Gasteiger partial charge in [0.05, 0.1) is 11.9 Å². The average molecular weight is 612 g/mol. The van der Waals surface area contributed by atoms with E-state index in [1.54, 1.807) is 23.1 Å². The zero-order valence-corrected chi connectivity index (χ0v) is 26.5. The van der Waals surface area contributed by atoms with Crippen LogP contribution in [0.25, 0.3) is 0 Å². The Morgan fingerprint density at radius 3 is 2.14 bits per heavy atom. The van der Waals surface area contributed by atoms with Gasteiger partial charge in [0.1, 0.15) is 6.04 Å². The number of nitrogens with zero attached hydrogens (tertiary/aromatic N) is 2. The monoisotopic (exact) mass is 611 g/mol. The Morgan fingerprint density at radius 2 is 1.55 bits per heavy atom. The van der Waals surface area contributed by atoms with E-state index in [4.69, 9.17) is 11.6 Å². The Bertz CT molecular complexity index is 1410. The van der Waals surface area contributed by atoms with Gasteiger partial charge < -0.3 is 10.2 Å². The minimum absolute atomic E-state index is 0.0598. The zero-order chi connectivity index (χ0) is 30.7. The summed E-state index contributed by atoms with van der Waals surface area (Å²) in [6.07, 6.45) is 3.45. The summed E-state index contributed by atoms with van der Waals surface area (Å²) in [4.78, 5) is 29.2. The highest BCUT2D eigenvalue weighted by Crippen LogP contribution is 2.23. The van der Waals surface area contributed by atoms with Gasteiger partial charge in [0, 0.05) is 37.0 Å². The first kappa shape index (κ1) is 33.1. The van der Waals surface area contributed by atoms with Crippen LogP contribution in [0.1, 0.15) is 56.7 Å². The van der Waals surface area contributed by atoms with Crippen LogP contribution < -0.4 is 9.62 Å². The molecule has 1 N–H and O–H groups in total. The van der Waals surface area contributed by atoms with Crippen molar-refractivity contribution in [3.8, 4) is 0 Å². The lowest BCUT2D eigenvalue weighted by Crippen LogP contribution is -2.52. The predicted molar refractivity (Wildman–Crippen MR) is 171 cm³/mol. The lowest BCUT2D eigenvalue weighted by molar-refractivity contribution is -0.141. The molecule has 226 valence electrons. The Balaban J connectivity index is 1.89. The van der Waals surface area contributed by atoms with Gasteiger partial charge in [-0.05, 0) is 61.1 Å². The molecule has 0 saturated heterocycles. The molecule has 42 heavy (non-hydrogen) atoms. The molecule has 0 aliphatic carbocycles. The topological polar surface area (TPSA) is 86.8 Å². The standard InChI is InChI=1S/C33H42ClN3O4S/c1-5-25(3)35-33(39)31(23-27-13-8-7-9-14-27)36(24-28-15-10-11-16-30(28)34)32(38)17-12-22-37(42(4,40)41)29-20-18-26(6-2)19-21-29/h7-11,13-16,18-21,25,31H,5-6,12,17,22-24H2,1-4H3,(H,35,39). The second kappa shape index (κ2) is 15.8. The van der Waals surface area contributed by atoms with Crippen molar-refractivity contribution in [2.45, 2.75) is 71.5 Å². The number of hydrogen-bond acceptors (Lipinski definition) is 4. The van der Waals surface area contributed by atoms with Crippen LogP contribution in [0.3, 0.4) is 0 Å². The van der Waals surface area contributed by atoms with E-state index in [9.17, 15) is 18.0 Å². The van der Waals surface area contributed by atoms with Crippen LogP contribution in [0.5, 0.6) is 0 Å². The zero-order valence-electron chi connectivity index (χ0n) is 24.9. The SMILES string of the molecule is CCc1ccc(N(CCCC(=O)N(Cc2ccccc2Cl)C(Cc2ccccc2)C(=O)NC(C)CC)S(C)(=O)=O)cc1. The maximum atomic E-state index is 13.9. The number of benzene rings is 3. The summed E-state index contributed by atoms with van der Waals surface area (Å²) in [6.45, 7) is 6.26. The summed E-state index contributed by atoms with van der Waals surface area (Å²) in [5, 5.41) is 3.57. The molecule has 0 saturated carbocycles. The summed E-state index contributed by atoms with van der Waals surface area (Å²) in [5.41, 5.74) is 3.33. The highest BCUT2D eigenvalue weighted by molar-refractivity contribution is 7.92. The third-order valence-corrected chi connectivity index (χ3v) is 8.92. The van der Waals surface area contributed by atoms with E-state index in [0.29, 0.717) is 17.1 Å². The molecule has 0 radical (unpaired) electrons. The predicted octanol–water partition coefficient (Wildman–Crippen LogP) is 6.00. The van der Waals surface area contributed by atoms with E-state index in [-0.39, 0.29) is 43.8 Å². The van der Waals surface area contributed by atoms with Gasteiger partial charge in [-0.15, -0.1) is 0 Å². The van der Waals surface area contributed by atoms with Crippen molar-refractivity contribution in [3.05, 3.63) is 101 Å². The Labute approximate surface area is 255 Å².